The third-order valence-corrected chi connectivity index (χ3v) is 2.43. The molecule has 0 unspecified atom stereocenters. The number of ether oxygens (including phenoxy) is 1. The van der Waals surface area contributed by atoms with Crippen LogP contribution in [0.2, 0.25) is 0 Å². The van der Waals surface area contributed by atoms with Crippen LogP contribution >= 0.6 is 0 Å². The lowest BCUT2D eigenvalue weighted by Crippen LogP contribution is -2.21. The second-order valence-corrected chi connectivity index (χ2v) is 3.62. The summed E-state index contributed by atoms with van der Waals surface area (Å²) in [6.07, 6.45) is 1.48. The third kappa shape index (κ3) is 2.20. The van der Waals surface area contributed by atoms with Crippen LogP contribution in [0, 0.1) is 0 Å². The standard InChI is InChI=1S/C13H14N2O2/c1-3-17-9-12-10(2)14-15(13(12)16)11-7-5-4-6-8-11/h4-9H,3H2,1-2H3/b12-9+. The molecule has 0 atom stereocenters. The average Bonchev–Trinajstić information content (AvgIpc) is 2.64. The number of anilines is 1. The van der Waals surface area contributed by atoms with E-state index in [0.29, 0.717) is 17.9 Å². The monoisotopic (exact) mass is 230 g/mol. The highest BCUT2D eigenvalue weighted by molar-refractivity contribution is 6.29. The predicted molar refractivity (Wildman–Crippen MR) is 66.7 cm³/mol. The molecule has 88 valence electrons. The van der Waals surface area contributed by atoms with Gasteiger partial charge in [0, 0.05) is 0 Å². The van der Waals surface area contributed by atoms with Gasteiger partial charge in [-0.1, -0.05) is 18.2 Å². The Morgan fingerprint density at radius 2 is 2.06 bits per heavy atom. The average molecular weight is 230 g/mol. The molecule has 17 heavy (non-hydrogen) atoms. The first-order chi connectivity index (χ1) is 8.24. The van der Waals surface area contributed by atoms with Crippen molar-refractivity contribution < 1.29 is 9.53 Å². The topological polar surface area (TPSA) is 41.9 Å². The molecule has 0 spiro atoms. The molecule has 4 heteroatoms. The maximum Gasteiger partial charge on any atom is 0.283 e. The Morgan fingerprint density at radius 1 is 1.35 bits per heavy atom. The fraction of sp³-hybridized carbons (Fsp3) is 0.231. The predicted octanol–water partition coefficient (Wildman–Crippen LogP) is 2.33. The highest BCUT2D eigenvalue weighted by Crippen LogP contribution is 2.22. The van der Waals surface area contributed by atoms with Crippen molar-refractivity contribution in [3.8, 4) is 0 Å². The van der Waals surface area contributed by atoms with Crippen molar-refractivity contribution in [2.45, 2.75) is 13.8 Å². The number of benzene rings is 1. The number of carbonyl (C=O) groups excluding carboxylic acids is 1. The van der Waals surface area contributed by atoms with E-state index >= 15 is 0 Å². The minimum Gasteiger partial charge on any atom is -0.501 e. The number of nitrogens with zero attached hydrogens (tertiary/aromatic N) is 2. The van der Waals surface area contributed by atoms with Gasteiger partial charge >= 0.3 is 0 Å². The second kappa shape index (κ2) is 4.82. The Balaban J connectivity index is 2.28. The molecule has 0 aliphatic carbocycles. The zero-order valence-electron chi connectivity index (χ0n) is 9.88. The summed E-state index contributed by atoms with van der Waals surface area (Å²) in [5, 5.41) is 5.62. The van der Waals surface area contributed by atoms with Crippen LogP contribution in [0.5, 0.6) is 0 Å². The number of hydrogen-bond acceptors (Lipinski definition) is 3. The highest BCUT2D eigenvalue weighted by Gasteiger charge is 2.28. The third-order valence-electron chi connectivity index (χ3n) is 2.43. The van der Waals surface area contributed by atoms with E-state index in [9.17, 15) is 4.79 Å². The Kier molecular flexibility index (Phi) is 3.23. The summed E-state index contributed by atoms with van der Waals surface area (Å²) in [6, 6.07) is 9.34. The molecule has 2 rings (SSSR count). The summed E-state index contributed by atoms with van der Waals surface area (Å²) in [6.45, 7) is 4.21. The van der Waals surface area contributed by atoms with Gasteiger partial charge in [0.25, 0.3) is 5.91 Å². The van der Waals surface area contributed by atoms with Gasteiger partial charge in [0.15, 0.2) is 0 Å². The quantitative estimate of drug-likeness (QED) is 0.590. The lowest BCUT2D eigenvalue weighted by Gasteiger charge is -2.10. The molecule has 0 saturated heterocycles. The van der Waals surface area contributed by atoms with Crippen molar-refractivity contribution >= 4 is 17.3 Å². The molecule has 0 bridgehead atoms. The van der Waals surface area contributed by atoms with E-state index < -0.39 is 0 Å². The molecule has 1 aromatic rings. The molecule has 1 heterocycles. The van der Waals surface area contributed by atoms with Gasteiger partial charge in [0.2, 0.25) is 0 Å². The second-order valence-electron chi connectivity index (χ2n) is 3.62. The van der Waals surface area contributed by atoms with E-state index in [4.69, 9.17) is 4.74 Å². The van der Waals surface area contributed by atoms with E-state index in [-0.39, 0.29) is 5.91 Å². The molecule has 1 aliphatic heterocycles. The maximum atomic E-state index is 12.1. The molecule has 1 aromatic carbocycles. The zero-order valence-corrected chi connectivity index (χ0v) is 9.88. The molecule has 0 radical (unpaired) electrons. The number of hydrazone groups is 1. The van der Waals surface area contributed by atoms with Crippen LogP contribution in [-0.2, 0) is 9.53 Å². The number of carbonyl (C=O) groups is 1. The summed E-state index contributed by atoms with van der Waals surface area (Å²) < 4.78 is 5.15. The Labute approximate surface area is 100 Å². The molecule has 1 aliphatic rings. The van der Waals surface area contributed by atoms with E-state index in [1.165, 1.54) is 11.3 Å². The first kappa shape index (κ1) is 11.4. The summed E-state index contributed by atoms with van der Waals surface area (Å²) in [4.78, 5) is 12.1. The number of para-hydroxylation sites is 1. The van der Waals surface area contributed by atoms with Crippen molar-refractivity contribution in [2.24, 2.45) is 5.10 Å². The van der Waals surface area contributed by atoms with E-state index in [1.54, 1.807) is 6.92 Å². The molecule has 0 saturated carbocycles. The van der Waals surface area contributed by atoms with Crippen LogP contribution < -0.4 is 5.01 Å². The molecular formula is C13H14N2O2. The Bertz CT molecular complexity index is 477. The van der Waals surface area contributed by atoms with Gasteiger partial charge in [-0.3, -0.25) is 4.79 Å². The van der Waals surface area contributed by atoms with Crippen LogP contribution in [0.4, 0.5) is 5.69 Å². The van der Waals surface area contributed by atoms with E-state index in [0.717, 1.165) is 5.69 Å². The lowest BCUT2D eigenvalue weighted by atomic mass is 10.2. The van der Waals surface area contributed by atoms with Crippen molar-refractivity contribution in [3.05, 3.63) is 42.2 Å². The summed E-state index contributed by atoms with van der Waals surface area (Å²) in [5.41, 5.74) is 1.94. The van der Waals surface area contributed by atoms with Crippen LogP contribution in [-0.4, -0.2) is 18.2 Å². The number of rotatable bonds is 3. The summed E-state index contributed by atoms with van der Waals surface area (Å²) >= 11 is 0. The van der Waals surface area contributed by atoms with Gasteiger partial charge in [0.1, 0.15) is 0 Å². The molecular weight excluding hydrogens is 216 g/mol. The fourth-order valence-electron chi connectivity index (χ4n) is 1.56. The van der Waals surface area contributed by atoms with E-state index in [1.807, 2.05) is 37.3 Å². The van der Waals surface area contributed by atoms with Crippen molar-refractivity contribution in [3.63, 3.8) is 0 Å². The van der Waals surface area contributed by atoms with Gasteiger partial charge in [-0.05, 0) is 26.0 Å². The fourth-order valence-corrected chi connectivity index (χ4v) is 1.56. The van der Waals surface area contributed by atoms with Gasteiger partial charge < -0.3 is 4.74 Å². The summed E-state index contributed by atoms with van der Waals surface area (Å²) in [7, 11) is 0. The first-order valence-corrected chi connectivity index (χ1v) is 5.51. The first-order valence-electron chi connectivity index (χ1n) is 5.51. The molecule has 0 aromatic heterocycles. The van der Waals surface area contributed by atoms with Crippen molar-refractivity contribution in [1.29, 1.82) is 0 Å². The largest absolute Gasteiger partial charge is 0.501 e. The van der Waals surface area contributed by atoms with E-state index in [2.05, 4.69) is 5.10 Å². The molecule has 1 amide bonds. The minimum absolute atomic E-state index is 0.151. The van der Waals surface area contributed by atoms with Crippen LogP contribution in [0.1, 0.15) is 13.8 Å². The molecule has 0 fully saturated rings. The maximum absolute atomic E-state index is 12.1. The Morgan fingerprint density at radius 3 is 2.71 bits per heavy atom. The molecule has 0 N–H and O–H groups in total. The van der Waals surface area contributed by atoms with Gasteiger partial charge in [-0.15, -0.1) is 0 Å². The minimum atomic E-state index is -0.151. The number of hydrogen-bond donors (Lipinski definition) is 0. The van der Waals surface area contributed by atoms with Gasteiger partial charge in [-0.25, -0.2) is 0 Å². The molecule has 4 nitrogen and oxygen atoms in total. The lowest BCUT2D eigenvalue weighted by molar-refractivity contribution is -0.114. The van der Waals surface area contributed by atoms with Gasteiger partial charge in [0.05, 0.1) is 29.8 Å². The van der Waals surface area contributed by atoms with Gasteiger partial charge in [-0.2, -0.15) is 10.1 Å². The van der Waals surface area contributed by atoms with Crippen molar-refractivity contribution in [2.75, 3.05) is 11.6 Å². The Hall–Kier alpha value is -2.10. The van der Waals surface area contributed by atoms with Crippen molar-refractivity contribution in [1.82, 2.24) is 0 Å². The van der Waals surface area contributed by atoms with Crippen LogP contribution in [0.3, 0.4) is 0 Å². The van der Waals surface area contributed by atoms with Crippen LogP contribution in [0.15, 0.2) is 47.3 Å². The summed E-state index contributed by atoms with van der Waals surface area (Å²) in [5.74, 6) is -0.151. The normalized spacial score (nSPS) is 17.5. The van der Waals surface area contributed by atoms with Crippen LogP contribution in [0.25, 0.3) is 0 Å². The highest BCUT2D eigenvalue weighted by atomic mass is 16.5. The zero-order chi connectivity index (χ0) is 12.3. The smallest absolute Gasteiger partial charge is 0.283 e. The number of amides is 1. The SMILES string of the molecule is CCO/C=C1/C(=O)N(c2ccccc2)N=C1C.